The van der Waals surface area contributed by atoms with Gasteiger partial charge in [-0.2, -0.15) is 0 Å². The summed E-state index contributed by atoms with van der Waals surface area (Å²) in [5.74, 6) is 0. The molecule has 1 fully saturated rings. The SMILES string of the molecule is CNC1CCC(O)(Cc2ccc(C)c(C)c2)CC1. The maximum atomic E-state index is 10.7. The lowest BCUT2D eigenvalue weighted by atomic mass is 9.78. The second-order valence-corrected chi connectivity index (χ2v) is 5.88. The fraction of sp³-hybridized carbons (Fsp3) is 0.625. The van der Waals surface area contributed by atoms with Gasteiger partial charge in [-0.15, -0.1) is 0 Å². The van der Waals surface area contributed by atoms with E-state index in [1.54, 1.807) is 0 Å². The first kappa shape index (κ1) is 13.6. The van der Waals surface area contributed by atoms with E-state index in [0.29, 0.717) is 6.04 Å². The highest BCUT2D eigenvalue weighted by atomic mass is 16.3. The van der Waals surface area contributed by atoms with Gasteiger partial charge in [-0.3, -0.25) is 0 Å². The van der Waals surface area contributed by atoms with Gasteiger partial charge in [0.15, 0.2) is 0 Å². The Labute approximate surface area is 110 Å². The Kier molecular flexibility index (Phi) is 4.08. The molecule has 0 heterocycles. The average molecular weight is 247 g/mol. The van der Waals surface area contributed by atoms with Gasteiger partial charge in [-0.05, 0) is 63.3 Å². The summed E-state index contributed by atoms with van der Waals surface area (Å²) in [6.07, 6.45) is 4.77. The largest absolute Gasteiger partial charge is 0.390 e. The van der Waals surface area contributed by atoms with Crippen LogP contribution in [0.5, 0.6) is 0 Å². The first-order valence-corrected chi connectivity index (χ1v) is 6.98. The normalized spacial score (nSPS) is 28.3. The van der Waals surface area contributed by atoms with Crippen LogP contribution in [0.1, 0.15) is 42.4 Å². The van der Waals surface area contributed by atoms with Crippen LogP contribution in [-0.2, 0) is 6.42 Å². The standard InChI is InChI=1S/C16H25NO/c1-12-4-5-14(10-13(12)2)11-16(18)8-6-15(17-3)7-9-16/h4-5,10,15,17-18H,6-9,11H2,1-3H3. The summed E-state index contributed by atoms with van der Waals surface area (Å²) in [6.45, 7) is 4.27. The molecule has 1 aliphatic rings. The first-order chi connectivity index (χ1) is 8.52. The van der Waals surface area contributed by atoms with Gasteiger partial charge < -0.3 is 10.4 Å². The van der Waals surface area contributed by atoms with Crippen molar-refractivity contribution in [1.82, 2.24) is 5.32 Å². The molecule has 0 radical (unpaired) electrons. The van der Waals surface area contributed by atoms with E-state index in [2.05, 4.69) is 37.4 Å². The third-order valence-corrected chi connectivity index (χ3v) is 4.43. The van der Waals surface area contributed by atoms with Gasteiger partial charge in [0.2, 0.25) is 0 Å². The molecule has 0 aliphatic heterocycles. The number of hydrogen-bond donors (Lipinski definition) is 2. The molecule has 2 heteroatoms. The molecule has 0 saturated heterocycles. The van der Waals surface area contributed by atoms with Gasteiger partial charge in [0.25, 0.3) is 0 Å². The quantitative estimate of drug-likeness (QED) is 0.861. The van der Waals surface area contributed by atoms with E-state index in [0.717, 1.165) is 32.1 Å². The number of nitrogens with one attached hydrogen (secondary N) is 1. The molecular formula is C16H25NO. The third kappa shape index (κ3) is 3.12. The molecule has 0 spiro atoms. The van der Waals surface area contributed by atoms with Gasteiger partial charge in [0.05, 0.1) is 5.60 Å². The van der Waals surface area contributed by atoms with Crippen LogP contribution in [0, 0.1) is 13.8 Å². The van der Waals surface area contributed by atoms with Crippen molar-refractivity contribution >= 4 is 0 Å². The highest BCUT2D eigenvalue weighted by Gasteiger charge is 2.32. The smallest absolute Gasteiger partial charge is 0.0689 e. The molecule has 1 aromatic carbocycles. The summed E-state index contributed by atoms with van der Waals surface area (Å²) < 4.78 is 0. The fourth-order valence-electron chi connectivity index (χ4n) is 2.91. The summed E-state index contributed by atoms with van der Waals surface area (Å²) >= 11 is 0. The lowest BCUT2D eigenvalue weighted by molar-refractivity contribution is -0.00243. The number of rotatable bonds is 3. The van der Waals surface area contributed by atoms with Gasteiger partial charge in [-0.25, -0.2) is 0 Å². The second-order valence-electron chi connectivity index (χ2n) is 5.88. The molecular weight excluding hydrogens is 222 g/mol. The van der Waals surface area contributed by atoms with Crippen molar-refractivity contribution in [3.63, 3.8) is 0 Å². The zero-order valence-corrected chi connectivity index (χ0v) is 11.8. The molecule has 18 heavy (non-hydrogen) atoms. The van der Waals surface area contributed by atoms with Gasteiger partial charge in [-0.1, -0.05) is 18.2 Å². The third-order valence-electron chi connectivity index (χ3n) is 4.43. The summed E-state index contributed by atoms with van der Waals surface area (Å²) in [5.41, 5.74) is 3.42. The summed E-state index contributed by atoms with van der Waals surface area (Å²) in [7, 11) is 2.01. The van der Waals surface area contributed by atoms with Crippen molar-refractivity contribution in [2.45, 2.75) is 57.6 Å². The fourth-order valence-corrected chi connectivity index (χ4v) is 2.91. The number of aliphatic hydroxyl groups is 1. The van der Waals surface area contributed by atoms with E-state index in [1.807, 2.05) is 7.05 Å². The Morgan fingerprint density at radius 1 is 1.22 bits per heavy atom. The van der Waals surface area contributed by atoms with Crippen molar-refractivity contribution in [3.05, 3.63) is 34.9 Å². The Balaban J connectivity index is 2.02. The van der Waals surface area contributed by atoms with Crippen LogP contribution in [0.15, 0.2) is 18.2 Å². The molecule has 2 N–H and O–H groups in total. The van der Waals surface area contributed by atoms with E-state index < -0.39 is 5.60 Å². The van der Waals surface area contributed by atoms with Crippen LogP contribution in [0.2, 0.25) is 0 Å². The number of aryl methyl sites for hydroxylation is 2. The Morgan fingerprint density at radius 2 is 1.89 bits per heavy atom. The van der Waals surface area contributed by atoms with E-state index >= 15 is 0 Å². The predicted molar refractivity (Wildman–Crippen MR) is 75.9 cm³/mol. The maximum absolute atomic E-state index is 10.7. The summed E-state index contributed by atoms with van der Waals surface area (Å²) in [4.78, 5) is 0. The molecule has 0 amide bonds. The van der Waals surface area contributed by atoms with Gasteiger partial charge in [0, 0.05) is 12.5 Å². The molecule has 1 aromatic rings. The van der Waals surface area contributed by atoms with E-state index in [4.69, 9.17) is 0 Å². The Morgan fingerprint density at radius 3 is 2.44 bits per heavy atom. The maximum Gasteiger partial charge on any atom is 0.0689 e. The molecule has 0 unspecified atom stereocenters. The molecule has 2 nitrogen and oxygen atoms in total. The highest BCUT2D eigenvalue weighted by molar-refractivity contribution is 5.30. The van der Waals surface area contributed by atoms with Gasteiger partial charge >= 0.3 is 0 Å². The van der Waals surface area contributed by atoms with Crippen LogP contribution < -0.4 is 5.32 Å². The van der Waals surface area contributed by atoms with Crippen molar-refractivity contribution in [2.75, 3.05) is 7.05 Å². The molecule has 100 valence electrons. The summed E-state index contributed by atoms with van der Waals surface area (Å²) in [6, 6.07) is 7.12. The van der Waals surface area contributed by atoms with E-state index in [9.17, 15) is 5.11 Å². The van der Waals surface area contributed by atoms with E-state index in [-0.39, 0.29) is 0 Å². The van der Waals surface area contributed by atoms with Crippen LogP contribution >= 0.6 is 0 Å². The zero-order chi connectivity index (χ0) is 13.2. The lowest BCUT2D eigenvalue weighted by Crippen LogP contribution is -2.41. The predicted octanol–water partition coefficient (Wildman–Crippen LogP) is 2.74. The van der Waals surface area contributed by atoms with Crippen LogP contribution in [0.25, 0.3) is 0 Å². The average Bonchev–Trinajstić information content (AvgIpc) is 2.35. The Bertz CT molecular complexity index is 406. The highest BCUT2D eigenvalue weighted by Crippen LogP contribution is 2.31. The molecule has 2 rings (SSSR count). The van der Waals surface area contributed by atoms with Crippen molar-refractivity contribution in [3.8, 4) is 0 Å². The summed E-state index contributed by atoms with van der Waals surface area (Å²) in [5, 5.41) is 14.0. The second kappa shape index (κ2) is 5.41. The van der Waals surface area contributed by atoms with Crippen molar-refractivity contribution in [2.24, 2.45) is 0 Å². The molecule has 1 saturated carbocycles. The minimum absolute atomic E-state index is 0.491. The lowest BCUT2D eigenvalue weighted by Gasteiger charge is -2.36. The monoisotopic (exact) mass is 247 g/mol. The molecule has 0 bridgehead atoms. The topological polar surface area (TPSA) is 32.3 Å². The minimum atomic E-state index is -0.491. The van der Waals surface area contributed by atoms with E-state index in [1.165, 1.54) is 16.7 Å². The van der Waals surface area contributed by atoms with Crippen molar-refractivity contribution in [1.29, 1.82) is 0 Å². The molecule has 1 aliphatic carbocycles. The minimum Gasteiger partial charge on any atom is -0.390 e. The van der Waals surface area contributed by atoms with Crippen LogP contribution in [-0.4, -0.2) is 23.8 Å². The van der Waals surface area contributed by atoms with Gasteiger partial charge in [0.1, 0.15) is 0 Å². The van der Waals surface area contributed by atoms with Crippen molar-refractivity contribution < 1.29 is 5.11 Å². The van der Waals surface area contributed by atoms with Crippen LogP contribution in [0.4, 0.5) is 0 Å². The zero-order valence-electron chi connectivity index (χ0n) is 11.8. The Hall–Kier alpha value is -0.860. The molecule has 0 atom stereocenters. The van der Waals surface area contributed by atoms with Crippen LogP contribution in [0.3, 0.4) is 0 Å². The molecule has 0 aromatic heterocycles. The number of benzene rings is 1. The first-order valence-electron chi connectivity index (χ1n) is 6.98. The number of hydrogen-bond acceptors (Lipinski definition) is 2.